The minimum Gasteiger partial charge on any atom is -0.339 e. The number of piperazine rings is 1. The molecule has 1 fully saturated rings. The first-order valence-electron chi connectivity index (χ1n) is 8.66. The number of nitrogens with zero attached hydrogens (tertiary/aromatic N) is 4. The average molecular weight is 353 g/mol. The van der Waals surface area contributed by atoms with Crippen LogP contribution in [0.5, 0.6) is 0 Å². The van der Waals surface area contributed by atoms with E-state index in [-0.39, 0.29) is 11.8 Å². The zero-order valence-corrected chi connectivity index (χ0v) is 15.3. The van der Waals surface area contributed by atoms with E-state index >= 15 is 0 Å². The Kier molecular flexibility index (Phi) is 5.16. The standard InChI is InChI=1S/C19H23N5O2/c1-13-4-5-14(2)17(12-13)21-18(26)16-6-7-20-19(22-16)24-10-8-23(9-11-24)15(3)25/h4-7,12H,8-11H2,1-3H3,(H,21,26). The third-order valence-corrected chi connectivity index (χ3v) is 4.52. The molecule has 2 amide bonds. The van der Waals surface area contributed by atoms with Gasteiger partial charge in [-0.25, -0.2) is 9.97 Å². The molecule has 0 spiro atoms. The number of aromatic nitrogens is 2. The number of amides is 2. The van der Waals surface area contributed by atoms with Gasteiger partial charge in [-0.15, -0.1) is 0 Å². The summed E-state index contributed by atoms with van der Waals surface area (Å²) < 4.78 is 0. The van der Waals surface area contributed by atoms with Crippen LogP contribution in [0.2, 0.25) is 0 Å². The number of anilines is 2. The molecule has 26 heavy (non-hydrogen) atoms. The fourth-order valence-corrected chi connectivity index (χ4v) is 2.91. The van der Waals surface area contributed by atoms with E-state index in [1.165, 1.54) is 0 Å². The van der Waals surface area contributed by atoms with Crippen molar-refractivity contribution < 1.29 is 9.59 Å². The number of aryl methyl sites for hydroxylation is 2. The third-order valence-electron chi connectivity index (χ3n) is 4.52. The summed E-state index contributed by atoms with van der Waals surface area (Å²) in [5, 5.41) is 2.92. The van der Waals surface area contributed by atoms with E-state index < -0.39 is 0 Å². The van der Waals surface area contributed by atoms with Crippen molar-refractivity contribution >= 4 is 23.5 Å². The summed E-state index contributed by atoms with van der Waals surface area (Å²) in [7, 11) is 0. The summed E-state index contributed by atoms with van der Waals surface area (Å²) in [4.78, 5) is 36.5. The van der Waals surface area contributed by atoms with Crippen LogP contribution in [0.4, 0.5) is 11.6 Å². The first kappa shape index (κ1) is 17.8. The number of benzene rings is 1. The smallest absolute Gasteiger partial charge is 0.274 e. The molecule has 136 valence electrons. The molecule has 1 N–H and O–H groups in total. The van der Waals surface area contributed by atoms with Crippen molar-refractivity contribution in [2.75, 3.05) is 36.4 Å². The Morgan fingerprint density at radius 1 is 1.08 bits per heavy atom. The number of rotatable bonds is 3. The highest BCUT2D eigenvalue weighted by Gasteiger charge is 2.21. The summed E-state index contributed by atoms with van der Waals surface area (Å²) in [5.41, 5.74) is 3.19. The van der Waals surface area contributed by atoms with Crippen molar-refractivity contribution in [1.82, 2.24) is 14.9 Å². The average Bonchev–Trinajstić information content (AvgIpc) is 2.65. The highest BCUT2D eigenvalue weighted by Crippen LogP contribution is 2.18. The lowest BCUT2D eigenvalue weighted by molar-refractivity contribution is -0.129. The van der Waals surface area contributed by atoms with Crippen molar-refractivity contribution in [3.63, 3.8) is 0 Å². The van der Waals surface area contributed by atoms with Gasteiger partial charge in [0, 0.05) is 45.0 Å². The van der Waals surface area contributed by atoms with Crippen LogP contribution in [0.15, 0.2) is 30.5 Å². The predicted molar refractivity (Wildman–Crippen MR) is 100 cm³/mol. The Balaban J connectivity index is 1.72. The first-order valence-corrected chi connectivity index (χ1v) is 8.66. The fourth-order valence-electron chi connectivity index (χ4n) is 2.91. The first-order chi connectivity index (χ1) is 12.4. The molecule has 7 nitrogen and oxygen atoms in total. The van der Waals surface area contributed by atoms with Crippen molar-refractivity contribution in [3.05, 3.63) is 47.3 Å². The van der Waals surface area contributed by atoms with Gasteiger partial charge in [0.25, 0.3) is 5.91 Å². The van der Waals surface area contributed by atoms with Crippen molar-refractivity contribution in [2.45, 2.75) is 20.8 Å². The normalized spacial score (nSPS) is 14.3. The number of carbonyl (C=O) groups is 2. The fraction of sp³-hybridized carbons (Fsp3) is 0.368. The maximum Gasteiger partial charge on any atom is 0.274 e. The van der Waals surface area contributed by atoms with Gasteiger partial charge in [-0.05, 0) is 37.1 Å². The lowest BCUT2D eigenvalue weighted by atomic mass is 10.1. The highest BCUT2D eigenvalue weighted by atomic mass is 16.2. The molecule has 2 aromatic rings. The van der Waals surface area contributed by atoms with Crippen LogP contribution in [-0.2, 0) is 4.79 Å². The number of nitrogens with one attached hydrogen (secondary N) is 1. The second kappa shape index (κ2) is 7.51. The maximum absolute atomic E-state index is 12.6. The Hall–Kier alpha value is -2.96. The molecule has 0 atom stereocenters. The molecule has 3 rings (SSSR count). The molecule has 0 bridgehead atoms. The van der Waals surface area contributed by atoms with Crippen LogP contribution in [0.25, 0.3) is 0 Å². The zero-order valence-electron chi connectivity index (χ0n) is 15.3. The van der Waals surface area contributed by atoms with Crippen molar-refractivity contribution in [1.29, 1.82) is 0 Å². The lowest BCUT2D eigenvalue weighted by Gasteiger charge is -2.34. The summed E-state index contributed by atoms with van der Waals surface area (Å²) in [6.07, 6.45) is 1.59. The summed E-state index contributed by atoms with van der Waals surface area (Å²) in [6.45, 7) is 8.09. The Labute approximate surface area is 153 Å². The molecule has 1 aromatic carbocycles. The SMILES string of the molecule is CC(=O)N1CCN(c2nccc(C(=O)Nc3cc(C)ccc3C)n2)CC1. The molecule has 0 saturated carbocycles. The van der Waals surface area contributed by atoms with Crippen LogP contribution in [0.3, 0.4) is 0 Å². The van der Waals surface area contributed by atoms with Gasteiger partial charge in [0.2, 0.25) is 11.9 Å². The Bertz CT molecular complexity index is 828. The molecule has 0 aliphatic carbocycles. The van der Waals surface area contributed by atoms with E-state index in [1.54, 1.807) is 24.1 Å². The van der Waals surface area contributed by atoms with E-state index in [2.05, 4.69) is 15.3 Å². The topological polar surface area (TPSA) is 78.4 Å². The van der Waals surface area contributed by atoms with Crippen LogP contribution in [0, 0.1) is 13.8 Å². The molecular weight excluding hydrogens is 330 g/mol. The quantitative estimate of drug-likeness (QED) is 0.913. The minimum absolute atomic E-state index is 0.0761. The van der Waals surface area contributed by atoms with Gasteiger partial charge >= 0.3 is 0 Å². The van der Waals surface area contributed by atoms with Crippen molar-refractivity contribution in [3.8, 4) is 0 Å². The molecule has 0 radical (unpaired) electrons. The molecule has 1 aliphatic heterocycles. The van der Waals surface area contributed by atoms with Gasteiger partial charge in [-0.2, -0.15) is 0 Å². The Morgan fingerprint density at radius 2 is 1.81 bits per heavy atom. The molecule has 0 unspecified atom stereocenters. The number of hydrogen-bond acceptors (Lipinski definition) is 5. The van der Waals surface area contributed by atoms with Gasteiger partial charge in [-0.1, -0.05) is 12.1 Å². The monoisotopic (exact) mass is 353 g/mol. The van der Waals surface area contributed by atoms with E-state index in [0.29, 0.717) is 37.8 Å². The van der Waals surface area contributed by atoms with Gasteiger partial charge < -0.3 is 15.1 Å². The second-order valence-electron chi connectivity index (χ2n) is 6.51. The van der Waals surface area contributed by atoms with Crippen LogP contribution >= 0.6 is 0 Å². The second-order valence-corrected chi connectivity index (χ2v) is 6.51. The van der Waals surface area contributed by atoms with E-state index in [4.69, 9.17) is 0 Å². The summed E-state index contributed by atoms with van der Waals surface area (Å²) in [5.74, 6) is 0.332. The molecule has 1 aromatic heterocycles. The highest BCUT2D eigenvalue weighted by molar-refractivity contribution is 6.03. The predicted octanol–water partition coefficient (Wildman–Crippen LogP) is 2.01. The molecular formula is C19H23N5O2. The van der Waals surface area contributed by atoms with Crippen LogP contribution in [0.1, 0.15) is 28.5 Å². The van der Waals surface area contributed by atoms with E-state index in [1.807, 2.05) is 36.9 Å². The van der Waals surface area contributed by atoms with Crippen LogP contribution in [-0.4, -0.2) is 52.9 Å². The van der Waals surface area contributed by atoms with Crippen LogP contribution < -0.4 is 10.2 Å². The van der Waals surface area contributed by atoms with Gasteiger partial charge in [0.15, 0.2) is 0 Å². The van der Waals surface area contributed by atoms with E-state index in [0.717, 1.165) is 16.8 Å². The minimum atomic E-state index is -0.260. The number of carbonyl (C=O) groups excluding carboxylic acids is 2. The van der Waals surface area contributed by atoms with E-state index in [9.17, 15) is 9.59 Å². The zero-order chi connectivity index (χ0) is 18.7. The molecule has 2 heterocycles. The molecule has 7 heteroatoms. The molecule has 1 saturated heterocycles. The van der Waals surface area contributed by atoms with Crippen molar-refractivity contribution in [2.24, 2.45) is 0 Å². The maximum atomic E-state index is 12.6. The van der Waals surface area contributed by atoms with Gasteiger partial charge in [-0.3, -0.25) is 9.59 Å². The number of hydrogen-bond donors (Lipinski definition) is 1. The summed E-state index contributed by atoms with van der Waals surface area (Å²) in [6, 6.07) is 7.53. The Morgan fingerprint density at radius 3 is 2.50 bits per heavy atom. The third kappa shape index (κ3) is 3.99. The van der Waals surface area contributed by atoms with Gasteiger partial charge in [0.1, 0.15) is 5.69 Å². The van der Waals surface area contributed by atoms with Gasteiger partial charge in [0.05, 0.1) is 0 Å². The summed E-state index contributed by atoms with van der Waals surface area (Å²) >= 11 is 0. The largest absolute Gasteiger partial charge is 0.339 e. The lowest BCUT2D eigenvalue weighted by Crippen LogP contribution is -2.48. The molecule has 1 aliphatic rings.